The molecule has 0 saturated heterocycles. The van der Waals surface area contributed by atoms with E-state index in [-0.39, 0.29) is 11.9 Å². The van der Waals surface area contributed by atoms with Crippen molar-refractivity contribution in [2.75, 3.05) is 52.1 Å². The third-order valence-corrected chi connectivity index (χ3v) is 15.0. The van der Waals surface area contributed by atoms with Crippen molar-refractivity contribution in [2.24, 2.45) is 14.1 Å². The molecular formula is C46H56N16O10S2. The van der Waals surface area contributed by atoms with Crippen LogP contribution in [-0.2, 0) is 43.6 Å². The van der Waals surface area contributed by atoms with Crippen LogP contribution >= 0.6 is 0 Å². The number of rotatable bonds is 20. The summed E-state index contributed by atoms with van der Waals surface area (Å²) in [6.45, 7) is 6.81. The van der Waals surface area contributed by atoms with Gasteiger partial charge in [0.15, 0.2) is 23.3 Å². The molecule has 2 N–H and O–H groups in total. The summed E-state index contributed by atoms with van der Waals surface area (Å²) in [6.07, 6.45) is 7.51. The van der Waals surface area contributed by atoms with Crippen molar-refractivity contribution in [2.45, 2.75) is 50.4 Å². The van der Waals surface area contributed by atoms with Gasteiger partial charge in [0.25, 0.3) is 0 Å². The Morgan fingerprint density at radius 1 is 0.527 bits per heavy atom. The van der Waals surface area contributed by atoms with E-state index >= 15 is 0 Å². The topological polar surface area (TPSA) is 296 Å². The lowest BCUT2D eigenvalue weighted by Crippen LogP contribution is -2.34. The maximum absolute atomic E-state index is 13.6. The SMILES string of the molecule is COc1cccc(OC)c1-n1c(NS(=O)(=O)[C@@H](C)[C@H](OC)c2ncnn2C)nnc1-c1cncc(C)c1.COc1cccc(OC)c1-n1c(NS(=O)(=O)[C@H](C)[C@@H](OC)c2ncnn2C)nnc1-c1cncc(C)c1. The number of pyridine rings is 2. The average molecular weight is 1060 g/mol. The molecule has 0 radical (unpaired) electrons. The summed E-state index contributed by atoms with van der Waals surface area (Å²) < 4.78 is 98.9. The van der Waals surface area contributed by atoms with E-state index in [9.17, 15) is 16.8 Å². The maximum Gasteiger partial charge on any atom is 0.243 e. The number of methoxy groups -OCH3 is 6. The number of hydrogen-bond acceptors (Lipinski definition) is 20. The number of nitrogens with zero attached hydrogens (tertiary/aromatic N) is 14. The fourth-order valence-corrected chi connectivity index (χ4v) is 10.1. The van der Waals surface area contributed by atoms with Crippen LogP contribution in [0.2, 0.25) is 0 Å². The minimum absolute atomic E-state index is 0.0704. The molecule has 0 amide bonds. The quantitative estimate of drug-likeness (QED) is 0.105. The number of nitrogens with one attached hydrogen (secondary N) is 2. The van der Waals surface area contributed by atoms with Gasteiger partial charge in [-0.25, -0.2) is 26.8 Å². The monoisotopic (exact) mass is 1060 g/mol. The van der Waals surface area contributed by atoms with Gasteiger partial charge in [0.05, 0.1) is 28.4 Å². The van der Waals surface area contributed by atoms with Crippen LogP contribution in [-0.4, -0.2) is 139 Å². The van der Waals surface area contributed by atoms with Gasteiger partial charge in [-0.1, -0.05) is 12.1 Å². The lowest BCUT2D eigenvalue weighted by Gasteiger charge is -2.23. The first kappa shape index (κ1) is 53.7. The van der Waals surface area contributed by atoms with Gasteiger partial charge in [0, 0.05) is 64.2 Å². The molecule has 26 nitrogen and oxygen atoms in total. The zero-order chi connectivity index (χ0) is 53.5. The Morgan fingerprint density at radius 2 is 0.878 bits per heavy atom. The first-order valence-electron chi connectivity index (χ1n) is 22.4. The molecule has 0 aliphatic heterocycles. The molecule has 6 heterocycles. The Hall–Kier alpha value is -8.08. The van der Waals surface area contributed by atoms with Gasteiger partial charge in [-0.3, -0.25) is 37.9 Å². The molecule has 8 rings (SSSR count). The van der Waals surface area contributed by atoms with E-state index in [1.807, 2.05) is 26.0 Å². The van der Waals surface area contributed by atoms with Crippen LogP contribution in [0.4, 0.5) is 11.9 Å². The lowest BCUT2D eigenvalue weighted by molar-refractivity contribution is 0.0918. The van der Waals surface area contributed by atoms with E-state index in [1.165, 1.54) is 87.7 Å². The van der Waals surface area contributed by atoms with E-state index in [1.54, 1.807) is 75.3 Å². The van der Waals surface area contributed by atoms with E-state index < -0.39 is 42.8 Å². The maximum atomic E-state index is 13.6. The normalized spacial score (nSPS) is 13.2. The fraction of sp³-hybridized carbons (Fsp3) is 0.348. The van der Waals surface area contributed by atoms with Crippen molar-refractivity contribution >= 4 is 31.9 Å². The number of sulfonamides is 2. The summed E-state index contributed by atoms with van der Waals surface area (Å²) in [5, 5.41) is 22.9. The van der Waals surface area contributed by atoms with Crippen molar-refractivity contribution in [1.82, 2.24) is 69.0 Å². The molecule has 8 aromatic rings. The smallest absolute Gasteiger partial charge is 0.243 e. The molecule has 392 valence electrons. The molecule has 6 aromatic heterocycles. The predicted molar refractivity (Wildman–Crippen MR) is 270 cm³/mol. The van der Waals surface area contributed by atoms with Gasteiger partial charge >= 0.3 is 0 Å². The van der Waals surface area contributed by atoms with Crippen molar-refractivity contribution in [3.8, 4) is 57.1 Å². The Morgan fingerprint density at radius 3 is 1.16 bits per heavy atom. The van der Waals surface area contributed by atoms with Crippen LogP contribution in [0.15, 0.2) is 86.0 Å². The second-order valence-corrected chi connectivity index (χ2v) is 20.5. The fourth-order valence-electron chi connectivity index (χ4n) is 7.86. The Bertz CT molecular complexity index is 3180. The van der Waals surface area contributed by atoms with Gasteiger partial charge in [-0.2, -0.15) is 10.2 Å². The van der Waals surface area contributed by atoms with E-state index in [0.29, 0.717) is 68.8 Å². The predicted octanol–water partition coefficient (Wildman–Crippen LogP) is 4.60. The average Bonchev–Trinajstić information content (AvgIpc) is 4.21. The van der Waals surface area contributed by atoms with E-state index in [2.05, 4.69) is 60.0 Å². The summed E-state index contributed by atoms with van der Waals surface area (Å²) in [5.74, 6) is 2.93. The minimum Gasteiger partial charge on any atom is -0.494 e. The molecule has 0 bridgehead atoms. The van der Waals surface area contributed by atoms with E-state index in [4.69, 9.17) is 28.4 Å². The first-order chi connectivity index (χ1) is 35.4. The highest BCUT2D eigenvalue weighted by Gasteiger charge is 2.37. The summed E-state index contributed by atoms with van der Waals surface area (Å²) >= 11 is 0. The number of anilines is 2. The first-order valence-corrected chi connectivity index (χ1v) is 25.5. The van der Waals surface area contributed by atoms with Crippen molar-refractivity contribution < 1.29 is 45.3 Å². The molecule has 0 aliphatic carbocycles. The molecule has 0 fully saturated rings. The minimum atomic E-state index is -4.09. The van der Waals surface area contributed by atoms with Crippen LogP contribution in [0.25, 0.3) is 34.2 Å². The molecule has 0 spiro atoms. The van der Waals surface area contributed by atoms with Crippen molar-refractivity contribution in [3.05, 3.63) is 109 Å². The molecule has 0 saturated carbocycles. The Kier molecular flexibility index (Phi) is 16.5. The summed E-state index contributed by atoms with van der Waals surface area (Å²) in [5.41, 5.74) is 3.84. The highest BCUT2D eigenvalue weighted by Crippen LogP contribution is 2.40. The number of ether oxygens (including phenoxy) is 6. The summed E-state index contributed by atoms with van der Waals surface area (Å²) in [6, 6.07) is 14.2. The zero-order valence-electron chi connectivity index (χ0n) is 42.6. The van der Waals surface area contributed by atoms with Crippen LogP contribution in [0.5, 0.6) is 23.0 Å². The van der Waals surface area contributed by atoms with Crippen LogP contribution in [0.1, 0.15) is 48.8 Å². The number of benzene rings is 2. The standard InChI is InChI=1S/2C23H28N8O5S/c2*1-14-10-16(12-24-11-14)21-27-28-23(31(21)19-17(34-4)8-7-9-18(19)35-5)29-37(32,33)15(2)20(36-6)22-25-13-26-30(22)3/h2*7-13,15,20H,1-6H3,(H,28,29)/t2*15-,20-/m10/s1. The van der Waals surface area contributed by atoms with Gasteiger partial charge < -0.3 is 28.4 Å². The van der Waals surface area contributed by atoms with Crippen LogP contribution in [0.3, 0.4) is 0 Å². The highest BCUT2D eigenvalue weighted by atomic mass is 32.2. The Balaban J connectivity index is 0.000000216. The molecular weight excluding hydrogens is 1000 g/mol. The number of para-hydroxylation sites is 2. The van der Waals surface area contributed by atoms with Crippen molar-refractivity contribution in [3.63, 3.8) is 0 Å². The molecule has 0 unspecified atom stereocenters. The van der Waals surface area contributed by atoms with Gasteiger partial charge in [0.1, 0.15) is 69.7 Å². The van der Waals surface area contributed by atoms with Gasteiger partial charge in [-0.05, 0) is 75.2 Å². The zero-order valence-corrected chi connectivity index (χ0v) is 44.2. The number of hydrogen-bond donors (Lipinski definition) is 2. The lowest BCUT2D eigenvalue weighted by atomic mass is 10.2. The van der Waals surface area contributed by atoms with Crippen LogP contribution < -0.4 is 28.4 Å². The second kappa shape index (κ2) is 22.8. The summed E-state index contributed by atoms with van der Waals surface area (Å²) in [4.78, 5) is 16.8. The van der Waals surface area contributed by atoms with Crippen LogP contribution in [0, 0.1) is 13.8 Å². The molecule has 28 heteroatoms. The third kappa shape index (κ3) is 11.0. The second-order valence-electron chi connectivity index (χ2n) is 16.4. The number of aryl methyl sites for hydroxylation is 4. The third-order valence-electron chi connectivity index (χ3n) is 11.7. The van der Waals surface area contributed by atoms with Crippen molar-refractivity contribution in [1.29, 1.82) is 0 Å². The van der Waals surface area contributed by atoms with E-state index in [0.717, 1.165) is 11.1 Å². The molecule has 4 atom stereocenters. The Labute approximate surface area is 427 Å². The van der Waals surface area contributed by atoms with Gasteiger partial charge in [-0.15, -0.1) is 20.4 Å². The van der Waals surface area contributed by atoms with Gasteiger partial charge in [0.2, 0.25) is 31.9 Å². The molecule has 74 heavy (non-hydrogen) atoms. The number of aromatic nitrogens is 14. The summed E-state index contributed by atoms with van der Waals surface area (Å²) in [7, 11) is 3.99. The largest absolute Gasteiger partial charge is 0.494 e. The molecule has 2 aromatic carbocycles. The highest BCUT2D eigenvalue weighted by molar-refractivity contribution is 7.93. The molecule has 0 aliphatic rings.